The van der Waals surface area contributed by atoms with Gasteiger partial charge in [-0.15, -0.1) is 0 Å². The van der Waals surface area contributed by atoms with Crippen molar-refractivity contribution in [2.75, 3.05) is 21.3 Å². The van der Waals surface area contributed by atoms with Gasteiger partial charge in [-0.3, -0.25) is 0 Å². The number of benzene rings is 1. The van der Waals surface area contributed by atoms with Crippen LogP contribution in [0.2, 0.25) is 0 Å². The van der Waals surface area contributed by atoms with Crippen LogP contribution in [0.5, 0.6) is 17.2 Å². The van der Waals surface area contributed by atoms with Crippen LogP contribution >= 0.6 is 0 Å². The summed E-state index contributed by atoms with van der Waals surface area (Å²) in [4.78, 5) is 4.28. The van der Waals surface area contributed by atoms with Crippen molar-refractivity contribution in [2.24, 2.45) is 12.8 Å². The lowest BCUT2D eigenvalue weighted by atomic mass is 10.0. The summed E-state index contributed by atoms with van der Waals surface area (Å²) in [5.74, 6) is 2.43. The minimum absolute atomic E-state index is 0.412. The molecule has 0 aliphatic heterocycles. The lowest BCUT2D eigenvalue weighted by Crippen LogP contribution is -2.17. The van der Waals surface area contributed by atoms with E-state index in [0.29, 0.717) is 17.2 Å². The minimum Gasteiger partial charge on any atom is -0.493 e. The number of rotatable bonds is 5. The fourth-order valence-corrected chi connectivity index (χ4v) is 2.19. The zero-order chi connectivity index (χ0) is 14.7. The van der Waals surface area contributed by atoms with E-state index in [4.69, 9.17) is 19.9 Å². The molecule has 0 aliphatic rings. The normalized spacial score (nSPS) is 12.1. The second-order valence-corrected chi connectivity index (χ2v) is 4.30. The van der Waals surface area contributed by atoms with Gasteiger partial charge in [-0.2, -0.15) is 0 Å². The molecular weight excluding hydrogens is 258 g/mol. The van der Waals surface area contributed by atoms with Crippen LogP contribution in [0.1, 0.15) is 17.4 Å². The van der Waals surface area contributed by atoms with E-state index in [1.54, 1.807) is 33.6 Å². The van der Waals surface area contributed by atoms with Crippen molar-refractivity contribution in [2.45, 2.75) is 6.04 Å². The van der Waals surface area contributed by atoms with Gasteiger partial charge >= 0.3 is 0 Å². The van der Waals surface area contributed by atoms with E-state index >= 15 is 0 Å². The van der Waals surface area contributed by atoms with Crippen molar-refractivity contribution < 1.29 is 14.2 Å². The summed E-state index contributed by atoms with van der Waals surface area (Å²) in [5.41, 5.74) is 7.08. The maximum Gasteiger partial charge on any atom is 0.203 e. The SMILES string of the molecule is COc1ccc(C(N)c2nccn2C)c(OC)c1OC. The van der Waals surface area contributed by atoms with Crippen LogP contribution in [-0.2, 0) is 7.05 Å². The predicted octanol–water partition coefficient (Wildman–Crippen LogP) is 1.49. The first-order chi connectivity index (χ1) is 9.63. The molecule has 1 aromatic carbocycles. The van der Waals surface area contributed by atoms with Gasteiger partial charge in [-0.05, 0) is 12.1 Å². The number of nitrogens with two attached hydrogens (primary N) is 1. The molecule has 0 aliphatic carbocycles. The molecule has 0 spiro atoms. The fourth-order valence-electron chi connectivity index (χ4n) is 2.19. The highest BCUT2D eigenvalue weighted by Gasteiger charge is 2.23. The standard InChI is InChI=1S/C14H19N3O3/c1-17-8-7-16-14(17)11(15)9-5-6-10(18-2)13(20-4)12(9)19-3/h5-8,11H,15H2,1-4H3. The van der Waals surface area contributed by atoms with Crippen LogP contribution in [0, 0.1) is 0 Å². The molecule has 0 radical (unpaired) electrons. The number of imidazole rings is 1. The molecule has 0 fully saturated rings. The van der Waals surface area contributed by atoms with Crippen molar-refractivity contribution >= 4 is 0 Å². The summed E-state index contributed by atoms with van der Waals surface area (Å²) in [6.07, 6.45) is 3.56. The molecule has 108 valence electrons. The van der Waals surface area contributed by atoms with Gasteiger partial charge in [0.2, 0.25) is 5.75 Å². The molecule has 1 heterocycles. The molecule has 1 unspecified atom stereocenters. The fraction of sp³-hybridized carbons (Fsp3) is 0.357. The Bertz CT molecular complexity index is 595. The number of nitrogens with zero attached hydrogens (tertiary/aromatic N) is 2. The van der Waals surface area contributed by atoms with E-state index in [9.17, 15) is 0 Å². The van der Waals surface area contributed by atoms with Crippen molar-refractivity contribution in [1.29, 1.82) is 0 Å². The van der Waals surface area contributed by atoms with Crippen LogP contribution in [0.3, 0.4) is 0 Å². The summed E-state index contributed by atoms with van der Waals surface area (Å²) < 4.78 is 17.9. The third-order valence-electron chi connectivity index (χ3n) is 3.21. The Balaban J connectivity index is 2.54. The monoisotopic (exact) mass is 277 g/mol. The summed E-state index contributed by atoms with van der Waals surface area (Å²) in [7, 11) is 6.62. The zero-order valence-electron chi connectivity index (χ0n) is 12.1. The molecule has 0 bridgehead atoms. The highest BCUT2D eigenvalue weighted by atomic mass is 16.5. The Hall–Kier alpha value is -2.21. The van der Waals surface area contributed by atoms with Crippen LogP contribution in [0.15, 0.2) is 24.5 Å². The zero-order valence-corrected chi connectivity index (χ0v) is 12.1. The molecule has 1 atom stereocenters. The molecule has 0 saturated carbocycles. The summed E-state index contributed by atoms with van der Waals surface area (Å²) in [6, 6.07) is 3.25. The van der Waals surface area contributed by atoms with Gasteiger partial charge in [0.1, 0.15) is 5.82 Å². The van der Waals surface area contributed by atoms with Crippen LogP contribution in [0.25, 0.3) is 0 Å². The van der Waals surface area contributed by atoms with Crippen LogP contribution < -0.4 is 19.9 Å². The van der Waals surface area contributed by atoms with Gasteiger partial charge in [0.25, 0.3) is 0 Å². The predicted molar refractivity (Wildman–Crippen MR) is 75.3 cm³/mol. The molecule has 0 saturated heterocycles. The van der Waals surface area contributed by atoms with E-state index < -0.39 is 6.04 Å². The quantitative estimate of drug-likeness (QED) is 0.896. The van der Waals surface area contributed by atoms with E-state index in [2.05, 4.69) is 4.98 Å². The van der Waals surface area contributed by atoms with Crippen molar-refractivity contribution in [3.63, 3.8) is 0 Å². The number of aromatic nitrogens is 2. The van der Waals surface area contributed by atoms with Crippen molar-refractivity contribution in [1.82, 2.24) is 9.55 Å². The number of hydrogen-bond donors (Lipinski definition) is 1. The molecule has 2 N–H and O–H groups in total. The van der Waals surface area contributed by atoms with Gasteiger partial charge in [0.05, 0.1) is 27.4 Å². The molecule has 1 aromatic heterocycles. The van der Waals surface area contributed by atoms with Gasteiger partial charge < -0.3 is 24.5 Å². The molecule has 2 aromatic rings. The topological polar surface area (TPSA) is 71.5 Å². The molecule has 2 rings (SSSR count). The number of methoxy groups -OCH3 is 3. The minimum atomic E-state index is -0.412. The van der Waals surface area contributed by atoms with E-state index in [0.717, 1.165) is 11.4 Å². The lowest BCUT2D eigenvalue weighted by molar-refractivity contribution is 0.321. The maximum absolute atomic E-state index is 6.29. The van der Waals surface area contributed by atoms with Crippen LogP contribution in [-0.4, -0.2) is 30.9 Å². The molecule has 20 heavy (non-hydrogen) atoms. The highest BCUT2D eigenvalue weighted by Crippen LogP contribution is 2.42. The van der Waals surface area contributed by atoms with Crippen molar-refractivity contribution in [3.8, 4) is 17.2 Å². The first kappa shape index (κ1) is 14.2. The molecule has 6 nitrogen and oxygen atoms in total. The van der Waals surface area contributed by atoms with Gasteiger partial charge in [-0.1, -0.05) is 0 Å². The highest BCUT2D eigenvalue weighted by molar-refractivity contribution is 5.57. The average molecular weight is 277 g/mol. The summed E-state index contributed by atoms with van der Waals surface area (Å²) in [5, 5.41) is 0. The van der Waals surface area contributed by atoms with Gasteiger partial charge in [0.15, 0.2) is 11.5 Å². The first-order valence-electron chi connectivity index (χ1n) is 6.15. The third kappa shape index (κ3) is 2.30. The average Bonchev–Trinajstić information content (AvgIpc) is 2.90. The van der Waals surface area contributed by atoms with Gasteiger partial charge in [0, 0.05) is 25.0 Å². The summed E-state index contributed by atoms with van der Waals surface area (Å²) >= 11 is 0. The lowest BCUT2D eigenvalue weighted by Gasteiger charge is -2.19. The van der Waals surface area contributed by atoms with E-state index in [-0.39, 0.29) is 0 Å². The Morgan fingerprint density at radius 2 is 1.80 bits per heavy atom. The second-order valence-electron chi connectivity index (χ2n) is 4.30. The Kier molecular flexibility index (Phi) is 4.14. The first-order valence-corrected chi connectivity index (χ1v) is 6.15. The Labute approximate surface area is 118 Å². The number of ether oxygens (including phenoxy) is 3. The summed E-state index contributed by atoms with van der Waals surface area (Å²) in [6.45, 7) is 0. The molecular formula is C14H19N3O3. The second kappa shape index (κ2) is 5.83. The van der Waals surface area contributed by atoms with Crippen molar-refractivity contribution in [3.05, 3.63) is 35.9 Å². The third-order valence-corrected chi connectivity index (χ3v) is 3.21. The molecule has 6 heteroatoms. The maximum atomic E-state index is 6.29. The van der Waals surface area contributed by atoms with Gasteiger partial charge in [-0.25, -0.2) is 4.98 Å². The smallest absolute Gasteiger partial charge is 0.203 e. The van der Waals surface area contributed by atoms with E-state index in [1.165, 1.54) is 0 Å². The Morgan fingerprint density at radius 1 is 1.10 bits per heavy atom. The molecule has 0 amide bonds. The number of hydrogen-bond acceptors (Lipinski definition) is 5. The number of aryl methyl sites for hydroxylation is 1. The van der Waals surface area contributed by atoms with Crippen LogP contribution in [0.4, 0.5) is 0 Å². The Morgan fingerprint density at radius 3 is 2.30 bits per heavy atom. The largest absolute Gasteiger partial charge is 0.493 e. The van der Waals surface area contributed by atoms with E-state index in [1.807, 2.05) is 23.9 Å².